The standard InChI is InChI=1S/C14H17N3O2/c1-2-19-14(18)17(11-6-7-11)10-12-9-15-13-5-3-4-8-16(12)13/h3-5,8-9,11H,2,6-7,10H2,1H3. The molecule has 0 N–H and O–H groups in total. The van der Waals surface area contributed by atoms with Crippen LogP contribution in [-0.2, 0) is 11.3 Å². The fourth-order valence-corrected chi connectivity index (χ4v) is 2.21. The summed E-state index contributed by atoms with van der Waals surface area (Å²) in [4.78, 5) is 18.1. The highest BCUT2D eigenvalue weighted by molar-refractivity contribution is 5.68. The summed E-state index contributed by atoms with van der Waals surface area (Å²) in [7, 11) is 0. The van der Waals surface area contributed by atoms with Gasteiger partial charge in [0.2, 0.25) is 0 Å². The summed E-state index contributed by atoms with van der Waals surface area (Å²) in [6.07, 6.45) is 5.69. The molecule has 0 spiro atoms. The van der Waals surface area contributed by atoms with Gasteiger partial charge < -0.3 is 9.14 Å². The third-order valence-corrected chi connectivity index (χ3v) is 3.32. The van der Waals surface area contributed by atoms with E-state index in [1.165, 1.54) is 0 Å². The SMILES string of the molecule is CCOC(=O)N(Cc1cnc2ccccn12)C1CC1. The fourth-order valence-electron chi connectivity index (χ4n) is 2.21. The van der Waals surface area contributed by atoms with E-state index in [2.05, 4.69) is 4.98 Å². The lowest BCUT2D eigenvalue weighted by Crippen LogP contribution is -2.33. The molecular formula is C14H17N3O2. The van der Waals surface area contributed by atoms with Gasteiger partial charge in [0.1, 0.15) is 5.65 Å². The second-order valence-electron chi connectivity index (χ2n) is 4.74. The van der Waals surface area contributed by atoms with E-state index in [0.29, 0.717) is 19.2 Å². The Bertz CT molecular complexity index is 589. The zero-order valence-electron chi connectivity index (χ0n) is 11.0. The molecule has 1 aliphatic carbocycles. The zero-order chi connectivity index (χ0) is 13.2. The van der Waals surface area contributed by atoms with Crippen LogP contribution in [0.25, 0.3) is 5.65 Å². The molecule has 2 aromatic heterocycles. The summed E-state index contributed by atoms with van der Waals surface area (Å²) >= 11 is 0. The van der Waals surface area contributed by atoms with Crippen LogP contribution >= 0.6 is 0 Å². The number of rotatable bonds is 4. The lowest BCUT2D eigenvalue weighted by molar-refractivity contribution is 0.101. The van der Waals surface area contributed by atoms with Gasteiger partial charge in [0, 0.05) is 12.2 Å². The maximum atomic E-state index is 12.0. The molecule has 0 aliphatic heterocycles. The zero-order valence-corrected chi connectivity index (χ0v) is 11.0. The van der Waals surface area contributed by atoms with Crippen LogP contribution in [0.2, 0.25) is 0 Å². The van der Waals surface area contributed by atoms with Crippen LogP contribution in [0.3, 0.4) is 0 Å². The van der Waals surface area contributed by atoms with Crippen LogP contribution < -0.4 is 0 Å². The first-order valence-electron chi connectivity index (χ1n) is 6.64. The Morgan fingerprint density at radius 1 is 1.53 bits per heavy atom. The molecule has 1 fully saturated rings. The molecule has 2 heterocycles. The molecule has 2 aromatic rings. The van der Waals surface area contributed by atoms with Crippen LogP contribution in [0.5, 0.6) is 0 Å². The number of nitrogens with zero attached hydrogens (tertiary/aromatic N) is 3. The third kappa shape index (κ3) is 2.41. The van der Waals surface area contributed by atoms with E-state index in [0.717, 1.165) is 24.2 Å². The first-order valence-corrected chi connectivity index (χ1v) is 6.64. The van der Waals surface area contributed by atoms with Crippen molar-refractivity contribution in [2.24, 2.45) is 0 Å². The van der Waals surface area contributed by atoms with Gasteiger partial charge in [0.05, 0.1) is 25.0 Å². The maximum absolute atomic E-state index is 12.0. The summed E-state index contributed by atoms with van der Waals surface area (Å²) in [5.74, 6) is 0. The summed E-state index contributed by atoms with van der Waals surface area (Å²) in [6.45, 7) is 2.79. The van der Waals surface area contributed by atoms with Crippen molar-refractivity contribution in [2.45, 2.75) is 32.4 Å². The second-order valence-corrected chi connectivity index (χ2v) is 4.74. The first kappa shape index (κ1) is 12.0. The number of carbonyl (C=O) groups is 1. The molecular weight excluding hydrogens is 242 g/mol. The average Bonchev–Trinajstić information content (AvgIpc) is 3.18. The Hall–Kier alpha value is -2.04. The van der Waals surface area contributed by atoms with Gasteiger partial charge >= 0.3 is 6.09 Å². The van der Waals surface area contributed by atoms with E-state index in [4.69, 9.17) is 4.74 Å². The van der Waals surface area contributed by atoms with Crippen molar-refractivity contribution in [3.05, 3.63) is 36.3 Å². The van der Waals surface area contributed by atoms with Crippen LogP contribution in [0.4, 0.5) is 4.79 Å². The molecule has 0 saturated heterocycles. The monoisotopic (exact) mass is 259 g/mol. The van der Waals surface area contributed by atoms with Gasteiger partial charge in [0.25, 0.3) is 0 Å². The van der Waals surface area contributed by atoms with E-state index in [1.807, 2.05) is 41.9 Å². The van der Waals surface area contributed by atoms with E-state index in [-0.39, 0.29) is 6.09 Å². The van der Waals surface area contributed by atoms with Crippen molar-refractivity contribution in [1.29, 1.82) is 0 Å². The number of carbonyl (C=O) groups excluding carboxylic acids is 1. The van der Waals surface area contributed by atoms with Gasteiger partial charge in [-0.3, -0.25) is 4.90 Å². The van der Waals surface area contributed by atoms with Crippen LogP contribution in [0.15, 0.2) is 30.6 Å². The molecule has 5 heteroatoms. The number of imidazole rings is 1. The van der Waals surface area contributed by atoms with Crippen LogP contribution in [0, 0.1) is 0 Å². The molecule has 0 bridgehead atoms. The predicted octanol–water partition coefficient (Wildman–Crippen LogP) is 2.46. The normalized spacial score (nSPS) is 14.6. The Kier molecular flexibility index (Phi) is 3.11. The quantitative estimate of drug-likeness (QED) is 0.847. The molecule has 19 heavy (non-hydrogen) atoms. The lowest BCUT2D eigenvalue weighted by atomic mass is 10.4. The Labute approximate surface area is 111 Å². The molecule has 100 valence electrons. The maximum Gasteiger partial charge on any atom is 0.410 e. The van der Waals surface area contributed by atoms with Gasteiger partial charge in [-0.1, -0.05) is 6.07 Å². The van der Waals surface area contributed by atoms with Gasteiger partial charge in [-0.2, -0.15) is 0 Å². The van der Waals surface area contributed by atoms with Crippen molar-refractivity contribution < 1.29 is 9.53 Å². The molecule has 0 unspecified atom stereocenters. The van der Waals surface area contributed by atoms with E-state index in [9.17, 15) is 4.79 Å². The molecule has 0 radical (unpaired) electrons. The largest absolute Gasteiger partial charge is 0.450 e. The Balaban J connectivity index is 1.83. The topological polar surface area (TPSA) is 46.8 Å². The number of hydrogen-bond donors (Lipinski definition) is 0. The molecule has 3 rings (SSSR count). The summed E-state index contributed by atoms with van der Waals surface area (Å²) in [6, 6.07) is 6.20. The minimum absolute atomic E-state index is 0.226. The minimum atomic E-state index is -0.226. The van der Waals surface area contributed by atoms with Crippen molar-refractivity contribution in [3.63, 3.8) is 0 Å². The van der Waals surface area contributed by atoms with Gasteiger partial charge in [-0.25, -0.2) is 9.78 Å². The van der Waals surface area contributed by atoms with E-state index in [1.54, 1.807) is 4.90 Å². The van der Waals surface area contributed by atoms with E-state index >= 15 is 0 Å². The second kappa shape index (κ2) is 4.91. The number of hydrogen-bond acceptors (Lipinski definition) is 3. The lowest BCUT2D eigenvalue weighted by Gasteiger charge is -2.21. The van der Waals surface area contributed by atoms with E-state index < -0.39 is 0 Å². The highest BCUT2D eigenvalue weighted by Gasteiger charge is 2.34. The summed E-state index contributed by atoms with van der Waals surface area (Å²) in [5.41, 5.74) is 1.91. The molecule has 0 atom stereocenters. The minimum Gasteiger partial charge on any atom is -0.450 e. The molecule has 0 aromatic carbocycles. The summed E-state index contributed by atoms with van der Waals surface area (Å²) in [5, 5.41) is 0. The van der Waals surface area contributed by atoms with Gasteiger partial charge in [-0.15, -0.1) is 0 Å². The highest BCUT2D eigenvalue weighted by atomic mass is 16.6. The Morgan fingerprint density at radius 2 is 2.37 bits per heavy atom. The van der Waals surface area contributed by atoms with Crippen molar-refractivity contribution in [3.8, 4) is 0 Å². The first-order chi connectivity index (χ1) is 9.29. The number of fused-ring (bicyclic) bond motifs is 1. The highest BCUT2D eigenvalue weighted by Crippen LogP contribution is 2.29. The number of pyridine rings is 1. The van der Waals surface area contributed by atoms with Crippen molar-refractivity contribution in [2.75, 3.05) is 6.61 Å². The number of ether oxygens (including phenoxy) is 1. The number of aromatic nitrogens is 2. The third-order valence-electron chi connectivity index (χ3n) is 3.32. The molecule has 5 nitrogen and oxygen atoms in total. The smallest absolute Gasteiger partial charge is 0.410 e. The van der Waals surface area contributed by atoms with Crippen LogP contribution in [0.1, 0.15) is 25.5 Å². The van der Waals surface area contributed by atoms with Crippen molar-refractivity contribution in [1.82, 2.24) is 14.3 Å². The molecule has 1 saturated carbocycles. The Morgan fingerprint density at radius 3 is 3.11 bits per heavy atom. The molecule has 1 amide bonds. The van der Waals surface area contributed by atoms with Gasteiger partial charge in [-0.05, 0) is 31.9 Å². The van der Waals surface area contributed by atoms with Crippen LogP contribution in [-0.4, -0.2) is 33.0 Å². The predicted molar refractivity (Wildman–Crippen MR) is 70.8 cm³/mol. The molecule has 1 aliphatic rings. The van der Waals surface area contributed by atoms with Gasteiger partial charge in [0.15, 0.2) is 0 Å². The average molecular weight is 259 g/mol. The number of amides is 1. The fraction of sp³-hybridized carbons (Fsp3) is 0.429. The summed E-state index contributed by atoms with van der Waals surface area (Å²) < 4.78 is 7.13. The van der Waals surface area contributed by atoms with Crippen molar-refractivity contribution >= 4 is 11.7 Å².